The number of allylic oxidation sites excluding steroid dienone is 4. The largest absolute Gasteiger partial charge is 0.252 e. The molecule has 2 aliphatic rings. The number of pyridine rings is 1. The second-order valence-corrected chi connectivity index (χ2v) is 13.4. The van der Waals surface area contributed by atoms with E-state index in [4.69, 9.17) is 19.9 Å². The SMILES string of the molecule is C1=CC2=Nc3c(c(-c4ccc(-c5cccc(-c6nc(-c7ccc(-c8ccccc8)cc7)nc7ccccc67)c5)cc4)nc4ccccc34)C(C=C1)C2. The van der Waals surface area contributed by atoms with Gasteiger partial charge in [0.05, 0.1) is 28.1 Å². The summed E-state index contributed by atoms with van der Waals surface area (Å²) in [5.41, 5.74) is 14.9. The molecule has 1 aliphatic carbocycles. The Kier molecular flexibility index (Phi) is 7.24. The van der Waals surface area contributed by atoms with Gasteiger partial charge in [0.25, 0.3) is 0 Å². The zero-order valence-corrected chi connectivity index (χ0v) is 28.3. The molecular weight excluding hydrogens is 633 g/mol. The van der Waals surface area contributed by atoms with Crippen LogP contribution < -0.4 is 0 Å². The van der Waals surface area contributed by atoms with Crippen molar-refractivity contribution < 1.29 is 0 Å². The molecule has 3 heterocycles. The van der Waals surface area contributed by atoms with Gasteiger partial charge in [0.2, 0.25) is 0 Å². The number of para-hydroxylation sites is 2. The van der Waals surface area contributed by atoms with Crippen molar-refractivity contribution in [2.24, 2.45) is 4.99 Å². The third-order valence-corrected chi connectivity index (χ3v) is 10.2. The Morgan fingerprint density at radius 2 is 1.06 bits per heavy atom. The lowest BCUT2D eigenvalue weighted by Crippen LogP contribution is -2.10. The summed E-state index contributed by atoms with van der Waals surface area (Å²) in [6, 6.07) is 53.1. The first-order valence-corrected chi connectivity index (χ1v) is 17.7. The molecule has 2 aromatic heterocycles. The second kappa shape index (κ2) is 12.5. The highest BCUT2D eigenvalue weighted by molar-refractivity contribution is 6.06. The second-order valence-electron chi connectivity index (χ2n) is 13.4. The molecule has 0 amide bonds. The van der Waals surface area contributed by atoms with Crippen LogP contribution in [0.1, 0.15) is 17.9 Å². The fourth-order valence-electron chi connectivity index (χ4n) is 7.59. The molecule has 2 bridgehead atoms. The fraction of sp³-hybridized carbons (Fsp3) is 0.0417. The average molecular weight is 665 g/mol. The van der Waals surface area contributed by atoms with Gasteiger partial charge in [-0.15, -0.1) is 0 Å². The molecule has 0 radical (unpaired) electrons. The molecule has 4 nitrogen and oxygen atoms in total. The molecule has 8 aromatic rings. The van der Waals surface area contributed by atoms with Crippen molar-refractivity contribution in [2.45, 2.75) is 12.3 Å². The van der Waals surface area contributed by atoms with E-state index in [9.17, 15) is 0 Å². The number of fused-ring (bicyclic) bond motifs is 7. The Hall–Kier alpha value is -6.78. The van der Waals surface area contributed by atoms with Gasteiger partial charge in [0, 0.05) is 51.1 Å². The van der Waals surface area contributed by atoms with Gasteiger partial charge >= 0.3 is 0 Å². The van der Waals surface area contributed by atoms with Gasteiger partial charge in [-0.3, -0.25) is 4.99 Å². The summed E-state index contributed by atoms with van der Waals surface area (Å²) < 4.78 is 0. The Morgan fingerprint density at radius 1 is 0.442 bits per heavy atom. The predicted molar refractivity (Wildman–Crippen MR) is 215 cm³/mol. The van der Waals surface area contributed by atoms with Crippen molar-refractivity contribution in [3.63, 3.8) is 0 Å². The normalized spacial score (nSPS) is 14.6. The van der Waals surface area contributed by atoms with Crippen LogP contribution in [0.3, 0.4) is 0 Å². The molecule has 1 aliphatic heterocycles. The molecule has 10 rings (SSSR count). The van der Waals surface area contributed by atoms with Crippen LogP contribution in [0, 0.1) is 0 Å². The van der Waals surface area contributed by atoms with Crippen LogP contribution in [0.5, 0.6) is 0 Å². The van der Waals surface area contributed by atoms with E-state index in [2.05, 4.69) is 164 Å². The van der Waals surface area contributed by atoms with Crippen LogP contribution >= 0.6 is 0 Å². The lowest BCUT2D eigenvalue weighted by Gasteiger charge is -2.24. The summed E-state index contributed by atoms with van der Waals surface area (Å²) in [7, 11) is 0. The topological polar surface area (TPSA) is 51.0 Å². The zero-order valence-electron chi connectivity index (χ0n) is 28.3. The van der Waals surface area contributed by atoms with Crippen LogP contribution in [-0.2, 0) is 0 Å². The van der Waals surface area contributed by atoms with E-state index >= 15 is 0 Å². The first-order valence-electron chi connectivity index (χ1n) is 17.7. The molecule has 0 saturated heterocycles. The Labute approximate surface area is 302 Å². The summed E-state index contributed by atoms with van der Waals surface area (Å²) in [4.78, 5) is 20.6. The van der Waals surface area contributed by atoms with Crippen molar-refractivity contribution in [1.29, 1.82) is 0 Å². The molecule has 4 heteroatoms. The van der Waals surface area contributed by atoms with Gasteiger partial charge in [0.1, 0.15) is 0 Å². The molecule has 1 atom stereocenters. The average Bonchev–Trinajstić information content (AvgIpc) is 3.41. The lowest BCUT2D eigenvalue weighted by molar-refractivity contribution is 0.878. The van der Waals surface area contributed by atoms with Gasteiger partial charge in [-0.2, -0.15) is 0 Å². The smallest absolute Gasteiger partial charge is 0.160 e. The summed E-state index contributed by atoms with van der Waals surface area (Å²) in [5, 5.41) is 2.13. The molecule has 0 N–H and O–H groups in total. The minimum absolute atomic E-state index is 0.232. The van der Waals surface area contributed by atoms with Crippen LogP contribution in [-0.4, -0.2) is 20.7 Å². The lowest BCUT2D eigenvalue weighted by atomic mass is 9.85. The Balaban J connectivity index is 1.03. The number of rotatable bonds is 5. The number of nitrogens with zero attached hydrogens (tertiary/aromatic N) is 4. The van der Waals surface area contributed by atoms with E-state index in [1.165, 1.54) is 16.7 Å². The summed E-state index contributed by atoms with van der Waals surface area (Å²) >= 11 is 0. The summed E-state index contributed by atoms with van der Waals surface area (Å²) in [6.07, 6.45) is 9.54. The third-order valence-electron chi connectivity index (χ3n) is 10.2. The van der Waals surface area contributed by atoms with Gasteiger partial charge in [-0.25, -0.2) is 15.0 Å². The first kappa shape index (κ1) is 30.1. The van der Waals surface area contributed by atoms with E-state index in [-0.39, 0.29) is 5.92 Å². The molecule has 0 saturated carbocycles. The Morgan fingerprint density at radius 3 is 1.87 bits per heavy atom. The zero-order chi connectivity index (χ0) is 34.4. The van der Waals surface area contributed by atoms with E-state index in [0.717, 1.165) is 78.8 Å². The maximum Gasteiger partial charge on any atom is 0.160 e. The monoisotopic (exact) mass is 664 g/mol. The van der Waals surface area contributed by atoms with E-state index in [0.29, 0.717) is 5.82 Å². The van der Waals surface area contributed by atoms with Crippen LogP contribution in [0.25, 0.3) is 78.0 Å². The number of benzene rings is 6. The number of hydrogen-bond donors (Lipinski definition) is 0. The molecule has 0 spiro atoms. The molecule has 0 fully saturated rings. The minimum Gasteiger partial charge on any atom is -0.252 e. The molecule has 52 heavy (non-hydrogen) atoms. The first-order chi connectivity index (χ1) is 25.7. The molecule has 6 aromatic carbocycles. The maximum absolute atomic E-state index is 5.24. The number of hydrogen-bond acceptors (Lipinski definition) is 4. The van der Waals surface area contributed by atoms with E-state index < -0.39 is 0 Å². The molecule has 1 unspecified atom stereocenters. The number of aliphatic imine (C=N–C) groups is 1. The molecular formula is C48H32N4. The van der Waals surface area contributed by atoms with Gasteiger partial charge < -0.3 is 0 Å². The van der Waals surface area contributed by atoms with Crippen LogP contribution in [0.15, 0.2) is 181 Å². The maximum atomic E-state index is 5.24. The predicted octanol–water partition coefficient (Wildman–Crippen LogP) is 12.2. The highest BCUT2D eigenvalue weighted by atomic mass is 14.9. The van der Waals surface area contributed by atoms with Gasteiger partial charge in [-0.05, 0) is 46.5 Å². The minimum atomic E-state index is 0.232. The quantitative estimate of drug-likeness (QED) is 0.184. The van der Waals surface area contributed by atoms with Crippen molar-refractivity contribution >= 4 is 33.2 Å². The van der Waals surface area contributed by atoms with Gasteiger partial charge in [-0.1, -0.05) is 152 Å². The van der Waals surface area contributed by atoms with Crippen LogP contribution in [0.2, 0.25) is 0 Å². The van der Waals surface area contributed by atoms with E-state index in [1.807, 2.05) is 12.1 Å². The number of aromatic nitrogens is 3. The van der Waals surface area contributed by atoms with Gasteiger partial charge in [0.15, 0.2) is 5.82 Å². The fourth-order valence-corrected chi connectivity index (χ4v) is 7.59. The highest BCUT2D eigenvalue weighted by Crippen LogP contribution is 2.46. The molecule has 244 valence electrons. The highest BCUT2D eigenvalue weighted by Gasteiger charge is 2.27. The van der Waals surface area contributed by atoms with E-state index in [1.54, 1.807) is 0 Å². The Bertz CT molecular complexity index is 2740. The van der Waals surface area contributed by atoms with Crippen molar-refractivity contribution in [3.05, 3.63) is 182 Å². The summed E-state index contributed by atoms with van der Waals surface area (Å²) in [6.45, 7) is 0. The third kappa shape index (κ3) is 5.33. The standard InChI is InChI=1S/C48H32N4/c1-2-11-31(12-3-1)32-23-27-35(28-24-32)48-51-43-20-9-6-17-40(43)45(52-48)38-15-10-14-36(29-38)33-21-25-34(26-22-33)46-44-37-13-4-5-16-39(30-37)49-47(44)41-18-7-8-19-42(41)50-46/h1-29,37H,30H2. The van der Waals surface area contributed by atoms with Crippen molar-refractivity contribution in [2.75, 3.05) is 0 Å². The van der Waals surface area contributed by atoms with Crippen molar-refractivity contribution in [3.8, 4) is 56.2 Å². The van der Waals surface area contributed by atoms with Crippen molar-refractivity contribution in [1.82, 2.24) is 15.0 Å². The summed E-state index contributed by atoms with van der Waals surface area (Å²) in [5.74, 6) is 0.945. The van der Waals surface area contributed by atoms with Crippen LogP contribution in [0.4, 0.5) is 5.69 Å².